The molecule has 1 atom stereocenters. The van der Waals surface area contributed by atoms with Crippen LogP contribution in [-0.2, 0) is 19.4 Å². The van der Waals surface area contributed by atoms with Gasteiger partial charge in [0.1, 0.15) is 5.82 Å². The number of hydrogen-bond acceptors (Lipinski definition) is 4. The van der Waals surface area contributed by atoms with E-state index < -0.39 is 6.10 Å². The van der Waals surface area contributed by atoms with Gasteiger partial charge in [-0.2, -0.15) is 10.2 Å². The van der Waals surface area contributed by atoms with Gasteiger partial charge in [0.05, 0.1) is 17.7 Å². The first kappa shape index (κ1) is 25.4. The lowest BCUT2D eigenvalue weighted by Crippen LogP contribution is -2.33. The van der Waals surface area contributed by atoms with Crippen LogP contribution in [0.5, 0.6) is 0 Å². The molecule has 0 saturated carbocycles. The Morgan fingerprint density at radius 3 is 2.41 bits per heavy atom. The minimum Gasteiger partial charge on any atom is -0.392 e. The van der Waals surface area contributed by atoms with Crippen molar-refractivity contribution in [3.05, 3.63) is 87.1 Å². The van der Waals surface area contributed by atoms with E-state index in [1.807, 2.05) is 64.1 Å². The van der Waals surface area contributed by atoms with Crippen LogP contribution >= 0.6 is 0 Å². The summed E-state index contributed by atoms with van der Waals surface area (Å²) in [7, 11) is 0. The summed E-state index contributed by atoms with van der Waals surface area (Å²) in [5.41, 5.74) is 4.56. The Balaban J connectivity index is 1.98. The zero-order valence-corrected chi connectivity index (χ0v) is 20.9. The normalized spacial score (nSPS) is 12.4. The molecule has 2 aromatic carbocycles. The Kier molecular flexibility index (Phi) is 8.06. The van der Waals surface area contributed by atoms with E-state index >= 15 is 0 Å². The molecule has 34 heavy (non-hydrogen) atoms. The molecular formula is C29H35N3O2. The van der Waals surface area contributed by atoms with Gasteiger partial charge in [0.15, 0.2) is 0 Å². The molecule has 1 aromatic heterocycles. The molecule has 1 unspecified atom stereocenters. The van der Waals surface area contributed by atoms with Gasteiger partial charge in [-0.15, -0.1) is 0 Å². The van der Waals surface area contributed by atoms with Crippen molar-refractivity contribution < 1.29 is 5.11 Å². The van der Waals surface area contributed by atoms with E-state index in [0.29, 0.717) is 24.1 Å². The van der Waals surface area contributed by atoms with Crippen LogP contribution in [-0.4, -0.2) is 20.8 Å². The van der Waals surface area contributed by atoms with Gasteiger partial charge in [-0.3, -0.25) is 4.79 Å². The summed E-state index contributed by atoms with van der Waals surface area (Å²) in [6.45, 7) is 10.6. The van der Waals surface area contributed by atoms with Crippen LogP contribution < -0.4 is 5.56 Å². The maximum Gasteiger partial charge on any atom is 0.276 e. The van der Waals surface area contributed by atoms with Crippen LogP contribution in [0.15, 0.2) is 53.3 Å². The third-order valence-corrected chi connectivity index (χ3v) is 6.45. The zero-order valence-electron chi connectivity index (χ0n) is 20.9. The van der Waals surface area contributed by atoms with Crippen molar-refractivity contribution in [2.75, 3.05) is 0 Å². The van der Waals surface area contributed by atoms with Crippen molar-refractivity contribution in [3.8, 4) is 17.2 Å². The largest absolute Gasteiger partial charge is 0.392 e. The molecule has 3 rings (SSSR count). The summed E-state index contributed by atoms with van der Waals surface area (Å²) in [6.07, 6.45) is 2.38. The van der Waals surface area contributed by atoms with Crippen LogP contribution in [0, 0.1) is 23.7 Å². The van der Waals surface area contributed by atoms with Crippen molar-refractivity contribution in [2.24, 2.45) is 5.41 Å². The number of aryl methyl sites for hydroxylation is 1. The molecular weight excluding hydrogens is 422 g/mol. The third kappa shape index (κ3) is 5.81. The smallest absolute Gasteiger partial charge is 0.276 e. The molecule has 1 heterocycles. The fourth-order valence-corrected chi connectivity index (χ4v) is 4.03. The SMILES string of the molecule is CCCCc1nc(=O)c(CC(O)C(C)(C)C)c(C)n1Cc1ccc(-c2ccccc2C#N)cc1. The van der Waals surface area contributed by atoms with Gasteiger partial charge >= 0.3 is 0 Å². The summed E-state index contributed by atoms with van der Waals surface area (Å²) in [5.74, 6) is 0.789. The molecule has 0 aliphatic carbocycles. The number of benzene rings is 2. The summed E-state index contributed by atoms with van der Waals surface area (Å²) in [4.78, 5) is 17.3. The molecule has 0 fully saturated rings. The predicted molar refractivity (Wildman–Crippen MR) is 137 cm³/mol. The highest BCUT2D eigenvalue weighted by molar-refractivity contribution is 5.70. The minimum absolute atomic E-state index is 0.230. The molecule has 1 N–H and O–H groups in total. The Morgan fingerprint density at radius 1 is 1.12 bits per heavy atom. The summed E-state index contributed by atoms with van der Waals surface area (Å²) in [6, 6.07) is 18.0. The fraction of sp³-hybridized carbons (Fsp3) is 0.414. The van der Waals surface area contributed by atoms with Gasteiger partial charge in [0.25, 0.3) is 5.56 Å². The van der Waals surface area contributed by atoms with Crippen LogP contribution in [0.25, 0.3) is 11.1 Å². The van der Waals surface area contributed by atoms with Crippen LogP contribution in [0.1, 0.15) is 68.7 Å². The molecule has 0 bridgehead atoms. The van der Waals surface area contributed by atoms with Crippen LogP contribution in [0.2, 0.25) is 0 Å². The summed E-state index contributed by atoms with van der Waals surface area (Å²) < 4.78 is 2.13. The lowest BCUT2D eigenvalue weighted by molar-refractivity contribution is 0.0630. The highest BCUT2D eigenvalue weighted by atomic mass is 16.3. The first-order valence-electron chi connectivity index (χ1n) is 12.0. The van der Waals surface area contributed by atoms with Gasteiger partial charge in [0, 0.05) is 30.6 Å². The lowest BCUT2D eigenvalue weighted by Gasteiger charge is -2.27. The Morgan fingerprint density at radius 2 is 1.79 bits per heavy atom. The molecule has 0 radical (unpaired) electrons. The Bertz CT molecular complexity index is 1230. The van der Waals surface area contributed by atoms with E-state index in [4.69, 9.17) is 0 Å². The second kappa shape index (κ2) is 10.8. The highest BCUT2D eigenvalue weighted by Crippen LogP contribution is 2.25. The van der Waals surface area contributed by atoms with Gasteiger partial charge in [0.2, 0.25) is 0 Å². The summed E-state index contributed by atoms with van der Waals surface area (Å²) in [5, 5.41) is 20.1. The van der Waals surface area contributed by atoms with Crippen molar-refractivity contribution in [1.82, 2.24) is 9.55 Å². The lowest BCUT2D eigenvalue weighted by atomic mass is 9.85. The molecule has 5 nitrogen and oxygen atoms in total. The fourth-order valence-electron chi connectivity index (χ4n) is 4.03. The first-order chi connectivity index (χ1) is 16.2. The Hall–Kier alpha value is -3.23. The van der Waals surface area contributed by atoms with Gasteiger partial charge in [-0.25, -0.2) is 0 Å². The standard InChI is InChI=1S/C29H35N3O2/c1-6-7-12-27-31-28(34)25(17-26(33)29(3,4)5)20(2)32(27)19-21-13-15-22(16-14-21)24-11-9-8-10-23(24)18-30/h8-11,13-16,26,33H,6-7,12,17,19H2,1-5H3. The average molecular weight is 458 g/mol. The summed E-state index contributed by atoms with van der Waals surface area (Å²) >= 11 is 0. The van der Waals surface area contributed by atoms with Crippen molar-refractivity contribution in [2.45, 2.75) is 73.0 Å². The number of aliphatic hydroxyl groups is 1. The molecule has 5 heteroatoms. The minimum atomic E-state index is -0.630. The monoisotopic (exact) mass is 457 g/mol. The number of nitriles is 1. The molecule has 0 aliphatic heterocycles. The number of aromatic nitrogens is 2. The Labute approximate surface area is 202 Å². The number of rotatable bonds is 8. The molecule has 0 aliphatic rings. The quantitative estimate of drug-likeness (QED) is 0.489. The highest BCUT2D eigenvalue weighted by Gasteiger charge is 2.25. The topological polar surface area (TPSA) is 78.9 Å². The maximum atomic E-state index is 12.9. The van der Waals surface area contributed by atoms with Gasteiger partial charge in [-0.1, -0.05) is 76.6 Å². The molecule has 0 saturated heterocycles. The van der Waals surface area contributed by atoms with Crippen LogP contribution in [0.3, 0.4) is 0 Å². The van der Waals surface area contributed by atoms with E-state index in [1.165, 1.54) is 0 Å². The van der Waals surface area contributed by atoms with E-state index in [-0.39, 0.29) is 11.0 Å². The van der Waals surface area contributed by atoms with Crippen molar-refractivity contribution in [3.63, 3.8) is 0 Å². The molecule has 178 valence electrons. The van der Waals surface area contributed by atoms with E-state index in [1.54, 1.807) is 0 Å². The molecule has 0 spiro atoms. The number of aliphatic hydroxyl groups excluding tert-OH is 1. The van der Waals surface area contributed by atoms with Crippen molar-refractivity contribution in [1.29, 1.82) is 5.26 Å². The van der Waals surface area contributed by atoms with Gasteiger partial charge in [-0.05, 0) is 41.5 Å². The number of unbranched alkanes of at least 4 members (excludes halogenated alkanes) is 1. The first-order valence-corrected chi connectivity index (χ1v) is 12.0. The van der Waals surface area contributed by atoms with E-state index in [9.17, 15) is 15.2 Å². The second-order valence-electron chi connectivity index (χ2n) is 10.0. The number of hydrogen-bond donors (Lipinski definition) is 1. The van der Waals surface area contributed by atoms with E-state index in [2.05, 4.69) is 34.7 Å². The van der Waals surface area contributed by atoms with Gasteiger partial charge < -0.3 is 9.67 Å². The zero-order chi connectivity index (χ0) is 24.9. The van der Waals surface area contributed by atoms with E-state index in [0.717, 1.165) is 47.5 Å². The third-order valence-electron chi connectivity index (χ3n) is 6.45. The average Bonchev–Trinajstić information content (AvgIpc) is 2.82. The predicted octanol–water partition coefficient (Wildman–Crippen LogP) is 5.43. The van der Waals surface area contributed by atoms with Crippen LogP contribution in [0.4, 0.5) is 0 Å². The molecule has 3 aromatic rings. The number of nitrogens with zero attached hydrogens (tertiary/aromatic N) is 3. The maximum absolute atomic E-state index is 12.9. The second-order valence-corrected chi connectivity index (χ2v) is 10.0. The van der Waals surface area contributed by atoms with Crippen molar-refractivity contribution >= 4 is 0 Å². The molecule has 0 amide bonds.